The van der Waals surface area contributed by atoms with E-state index in [-0.39, 0.29) is 0 Å². The largest absolute Gasteiger partial charge is 0.309 e. The zero-order valence-corrected chi connectivity index (χ0v) is 26.2. The Bertz CT molecular complexity index is 2940. The molecule has 0 saturated heterocycles. The Hall–Kier alpha value is -6.18. The fourth-order valence-corrected chi connectivity index (χ4v) is 8.68. The molecule has 0 N–H and O–H groups in total. The second-order valence-corrected chi connectivity index (χ2v) is 13.2. The summed E-state index contributed by atoms with van der Waals surface area (Å²) in [6.07, 6.45) is 0.938. The molecule has 1 aromatic heterocycles. The summed E-state index contributed by atoms with van der Waals surface area (Å²) in [7, 11) is 0. The van der Waals surface area contributed by atoms with Crippen molar-refractivity contribution >= 4 is 64.9 Å². The molecular formula is C47H29N. The van der Waals surface area contributed by atoms with Crippen molar-refractivity contribution in [2.24, 2.45) is 0 Å². The van der Waals surface area contributed by atoms with Gasteiger partial charge in [0.05, 0.1) is 11.0 Å². The molecule has 0 bridgehead atoms. The van der Waals surface area contributed by atoms with E-state index in [0.717, 1.165) is 6.42 Å². The molecule has 0 fully saturated rings. The maximum Gasteiger partial charge on any atom is 0.0619 e. The third-order valence-electron chi connectivity index (χ3n) is 10.8. The van der Waals surface area contributed by atoms with E-state index in [1.165, 1.54) is 104 Å². The molecule has 1 nitrogen and oxygen atoms in total. The quantitative estimate of drug-likeness (QED) is 0.172. The number of hydrogen-bond donors (Lipinski definition) is 0. The second kappa shape index (κ2) is 9.67. The van der Waals surface area contributed by atoms with Gasteiger partial charge in [-0.3, -0.25) is 0 Å². The molecule has 0 saturated carbocycles. The van der Waals surface area contributed by atoms with Crippen molar-refractivity contribution in [1.82, 2.24) is 4.57 Å². The Morgan fingerprint density at radius 3 is 1.75 bits per heavy atom. The molecule has 11 rings (SSSR count). The molecule has 0 amide bonds. The summed E-state index contributed by atoms with van der Waals surface area (Å²) in [5.74, 6) is 0. The van der Waals surface area contributed by atoms with E-state index >= 15 is 0 Å². The number of fused-ring (bicyclic) bond motifs is 14. The average Bonchev–Trinajstić information content (AvgIpc) is 3.70. The van der Waals surface area contributed by atoms with E-state index < -0.39 is 0 Å². The van der Waals surface area contributed by atoms with Gasteiger partial charge in [0, 0.05) is 21.8 Å². The van der Waals surface area contributed by atoms with Crippen LogP contribution in [-0.2, 0) is 6.42 Å². The van der Waals surface area contributed by atoms with Crippen LogP contribution < -0.4 is 0 Å². The first-order chi connectivity index (χ1) is 23.8. The Labute approximate surface area is 277 Å². The Morgan fingerprint density at radius 2 is 0.958 bits per heavy atom. The number of benzene rings is 9. The topological polar surface area (TPSA) is 4.93 Å². The zero-order chi connectivity index (χ0) is 31.3. The third kappa shape index (κ3) is 3.51. The van der Waals surface area contributed by atoms with Gasteiger partial charge in [-0.15, -0.1) is 0 Å². The summed E-state index contributed by atoms with van der Waals surface area (Å²) in [5.41, 5.74) is 11.8. The van der Waals surface area contributed by atoms with Crippen LogP contribution in [0.4, 0.5) is 0 Å². The lowest BCUT2D eigenvalue weighted by Crippen LogP contribution is -1.98. The molecule has 0 atom stereocenters. The summed E-state index contributed by atoms with van der Waals surface area (Å²) in [4.78, 5) is 0. The molecule has 0 aliphatic heterocycles. The maximum atomic E-state index is 2.52. The van der Waals surface area contributed by atoms with Gasteiger partial charge < -0.3 is 4.57 Å². The smallest absolute Gasteiger partial charge is 0.0619 e. The van der Waals surface area contributed by atoms with Crippen LogP contribution in [-0.4, -0.2) is 4.57 Å². The van der Waals surface area contributed by atoms with Gasteiger partial charge in [0.2, 0.25) is 0 Å². The number of nitrogens with zero attached hydrogens (tertiary/aromatic N) is 1. The van der Waals surface area contributed by atoms with Gasteiger partial charge >= 0.3 is 0 Å². The van der Waals surface area contributed by atoms with Crippen molar-refractivity contribution < 1.29 is 0 Å². The van der Waals surface area contributed by atoms with E-state index in [4.69, 9.17) is 0 Å². The third-order valence-corrected chi connectivity index (χ3v) is 10.8. The predicted octanol–water partition coefficient (Wildman–Crippen LogP) is 12.6. The second-order valence-electron chi connectivity index (χ2n) is 13.2. The minimum atomic E-state index is 0.938. The van der Waals surface area contributed by atoms with Crippen molar-refractivity contribution in [1.29, 1.82) is 0 Å². The van der Waals surface area contributed by atoms with Crippen LogP contribution in [0.3, 0.4) is 0 Å². The van der Waals surface area contributed by atoms with E-state index in [1.54, 1.807) is 0 Å². The van der Waals surface area contributed by atoms with Crippen LogP contribution in [0.2, 0.25) is 0 Å². The van der Waals surface area contributed by atoms with Gasteiger partial charge in [-0.05, 0) is 102 Å². The molecule has 1 aliphatic carbocycles. The molecule has 0 radical (unpaired) electrons. The lowest BCUT2D eigenvalue weighted by molar-refractivity contribution is 1.18. The minimum absolute atomic E-state index is 0.938. The molecule has 9 aromatic carbocycles. The van der Waals surface area contributed by atoms with E-state index in [2.05, 4.69) is 168 Å². The molecule has 1 heterocycles. The summed E-state index contributed by atoms with van der Waals surface area (Å²) in [6, 6.07) is 61.0. The summed E-state index contributed by atoms with van der Waals surface area (Å²) in [6.45, 7) is 0. The van der Waals surface area contributed by atoms with Gasteiger partial charge in [0.25, 0.3) is 0 Å². The standard InChI is InChI=1S/C47H29N/c1-4-14-34-29(11-1)21-24-41-40-19-9-10-20-46(40)48(47(34)41)32-27-42(44-25-30-12-2-3-13-33(30)45(44)28-32)31-22-23-39-37-17-6-5-15-35(37)36-16-7-8-18-38(36)43(39)26-31/h1-24,26-28H,25H2. The van der Waals surface area contributed by atoms with Crippen LogP contribution in [0.25, 0.3) is 92.8 Å². The Kier molecular flexibility index (Phi) is 5.23. The molecule has 1 heteroatoms. The lowest BCUT2D eigenvalue weighted by atomic mass is 9.90. The molecular weight excluding hydrogens is 579 g/mol. The molecule has 222 valence electrons. The van der Waals surface area contributed by atoms with Crippen molar-refractivity contribution in [2.75, 3.05) is 0 Å². The van der Waals surface area contributed by atoms with Crippen molar-refractivity contribution in [3.63, 3.8) is 0 Å². The molecule has 1 aliphatic rings. The van der Waals surface area contributed by atoms with Crippen LogP contribution >= 0.6 is 0 Å². The number of rotatable bonds is 2. The van der Waals surface area contributed by atoms with E-state index in [9.17, 15) is 0 Å². The molecule has 10 aromatic rings. The van der Waals surface area contributed by atoms with Gasteiger partial charge in [0.1, 0.15) is 0 Å². The normalized spacial score (nSPS) is 12.5. The fraction of sp³-hybridized carbons (Fsp3) is 0.0213. The average molecular weight is 608 g/mol. The monoisotopic (exact) mass is 607 g/mol. The number of para-hydroxylation sites is 1. The van der Waals surface area contributed by atoms with Crippen molar-refractivity contribution in [2.45, 2.75) is 6.42 Å². The first kappa shape index (κ1) is 25.9. The number of aromatic nitrogens is 1. The summed E-state index contributed by atoms with van der Waals surface area (Å²) in [5, 5.41) is 12.9. The summed E-state index contributed by atoms with van der Waals surface area (Å²) >= 11 is 0. The van der Waals surface area contributed by atoms with Crippen LogP contribution in [0.5, 0.6) is 0 Å². The van der Waals surface area contributed by atoms with Crippen LogP contribution in [0.1, 0.15) is 11.1 Å². The summed E-state index contributed by atoms with van der Waals surface area (Å²) < 4.78 is 2.52. The SMILES string of the molecule is c1ccc2c(c1)Cc1c(-c3ccc4c5ccccc5c5ccccc5c4c3)cc(-n3c4ccccc4c4ccc5ccccc5c43)cc1-2. The first-order valence-electron chi connectivity index (χ1n) is 16.8. The highest BCUT2D eigenvalue weighted by Gasteiger charge is 2.25. The predicted molar refractivity (Wildman–Crippen MR) is 204 cm³/mol. The number of hydrogen-bond acceptors (Lipinski definition) is 0. The van der Waals surface area contributed by atoms with Gasteiger partial charge in [-0.2, -0.15) is 0 Å². The highest BCUT2D eigenvalue weighted by Crippen LogP contribution is 2.46. The highest BCUT2D eigenvalue weighted by atomic mass is 15.0. The first-order valence-corrected chi connectivity index (χ1v) is 16.8. The van der Waals surface area contributed by atoms with Gasteiger partial charge in [-0.1, -0.05) is 140 Å². The van der Waals surface area contributed by atoms with E-state index in [0.29, 0.717) is 0 Å². The lowest BCUT2D eigenvalue weighted by Gasteiger charge is -2.17. The van der Waals surface area contributed by atoms with Gasteiger partial charge in [0.15, 0.2) is 0 Å². The van der Waals surface area contributed by atoms with Crippen LogP contribution in [0.15, 0.2) is 164 Å². The van der Waals surface area contributed by atoms with Crippen LogP contribution in [0, 0.1) is 0 Å². The Morgan fingerprint density at radius 1 is 0.375 bits per heavy atom. The van der Waals surface area contributed by atoms with Crippen molar-refractivity contribution in [3.05, 3.63) is 175 Å². The highest BCUT2D eigenvalue weighted by molar-refractivity contribution is 6.26. The maximum absolute atomic E-state index is 2.52. The minimum Gasteiger partial charge on any atom is -0.309 e. The molecule has 48 heavy (non-hydrogen) atoms. The van der Waals surface area contributed by atoms with E-state index in [1.807, 2.05) is 0 Å². The van der Waals surface area contributed by atoms with Gasteiger partial charge in [-0.25, -0.2) is 0 Å². The zero-order valence-electron chi connectivity index (χ0n) is 26.2. The fourth-order valence-electron chi connectivity index (χ4n) is 8.68. The molecule has 0 spiro atoms. The van der Waals surface area contributed by atoms with Crippen molar-refractivity contribution in [3.8, 4) is 27.9 Å². The molecule has 0 unspecified atom stereocenters. The Balaban J connectivity index is 1.26.